The first-order chi connectivity index (χ1) is 16.1. The summed E-state index contributed by atoms with van der Waals surface area (Å²) in [6.45, 7) is 6.02. The molecule has 0 bridgehead atoms. The molecule has 0 saturated heterocycles. The number of aryl methyl sites for hydroxylation is 3. The van der Waals surface area contributed by atoms with E-state index in [2.05, 4.69) is 11.6 Å². The maximum absolute atomic E-state index is 13.4. The molecule has 2 heterocycles. The number of carbonyl (C=O) groups excluding carboxylic acids is 1. The van der Waals surface area contributed by atoms with E-state index in [1.54, 1.807) is 57.2 Å². The molecule has 0 spiro atoms. The molecule has 33 heavy (non-hydrogen) atoms. The normalized spacial score (nSPS) is 13.0. The van der Waals surface area contributed by atoms with Crippen LogP contribution in [0, 0.1) is 6.92 Å². The van der Waals surface area contributed by atoms with Gasteiger partial charge in [0.05, 0.1) is 22.3 Å². The van der Waals surface area contributed by atoms with Gasteiger partial charge in [-0.25, -0.2) is 9.97 Å². The van der Waals surface area contributed by atoms with Crippen molar-refractivity contribution in [3.05, 3.63) is 93.5 Å². The molecule has 0 radical (unpaired) electrons. The van der Waals surface area contributed by atoms with Crippen molar-refractivity contribution in [2.75, 3.05) is 11.4 Å². The molecule has 0 fully saturated rings. The summed E-state index contributed by atoms with van der Waals surface area (Å²) >= 11 is 1.60. The van der Waals surface area contributed by atoms with Gasteiger partial charge in [0.2, 0.25) is 0 Å². The molecule has 2 aromatic heterocycles. The molecule has 0 aliphatic heterocycles. The second kappa shape index (κ2) is 8.75. The molecular formula is C26H24N4O2S. The van der Waals surface area contributed by atoms with Gasteiger partial charge in [-0.15, -0.1) is 17.9 Å². The molecule has 1 aliphatic rings. The lowest BCUT2D eigenvalue weighted by atomic mass is 10.0. The second-order valence-electron chi connectivity index (χ2n) is 8.14. The zero-order valence-corrected chi connectivity index (χ0v) is 19.3. The Morgan fingerprint density at radius 2 is 1.88 bits per heavy atom. The Kier molecular flexibility index (Phi) is 5.64. The number of carbonyl (C=O) groups is 1. The lowest BCUT2D eigenvalue weighted by Gasteiger charge is -2.18. The maximum atomic E-state index is 13.4. The van der Waals surface area contributed by atoms with Crippen molar-refractivity contribution in [1.82, 2.24) is 14.5 Å². The summed E-state index contributed by atoms with van der Waals surface area (Å²) in [7, 11) is 0. The molecule has 0 saturated carbocycles. The van der Waals surface area contributed by atoms with Gasteiger partial charge in [-0.2, -0.15) is 0 Å². The van der Waals surface area contributed by atoms with E-state index in [0.29, 0.717) is 34.5 Å². The van der Waals surface area contributed by atoms with Crippen LogP contribution in [0.5, 0.6) is 0 Å². The van der Waals surface area contributed by atoms with Gasteiger partial charge in [0.25, 0.3) is 11.5 Å². The first-order valence-electron chi connectivity index (χ1n) is 11.1. The van der Waals surface area contributed by atoms with Crippen LogP contribution in [0.4, 0.5) is 5.13 Å². The van der Waals surface area contributed by atoms with E-state index in [0.717, 1.165) is 30.1 Å². The van der Waals surface area contributed by atoms with Crippen molar-refractivity contribution in [2.24, 2.45) is 0 Å². The van der Waals surface area contributed by atoms with Crippen molar-refractivity contribution in [1.29, 1.82) is 0 Å². The third-order valence-electron chi connectivity index (χ3n) is 5.94. The number of hydrogen-bond donors (Lipinski definition) is 0. The number of benzene rings is 2. The minimum absolute atomic E-state index is 0.126. The number of anilines is 1. The lowest BCUT2D eigenvalue weighted by Crippen LogP contribution is -2.31. The maximum Gasteiger partial charge on any atom is 0.265 e. The molecule has 4 aromatic rings. The highest BCUT2D eigenvalue weighted by molar-refractivity contribution is 7.16. The monoisotopic (exact) mass is 456 g/mol. The fourth-order valence-electron chi connectivity index (χ4n) is 4.29. The number of fused-ring (bicyclic) bond motifs is 2. The Bertz CT molecular complexity index is 1400. The predicted molar refractivity (Wildman–Crippen MR) is 133 cm³/mol. The van der Waals surface area contributed by atoms with Gasteiger partial charge in [-0.1, -0.05) is 18.2 Å². The van der Waals surface area contributed by atoms with Gasteiger partial charge in [0.1, 0.15) is 5.82 Å². The van der Waals surface area contributed by atoms with Gasteiger partial charge in [0.15, 0.2) is 5.13 Å². The fraction of sp³-hybridized carbons (Fsp3) is 0.231. The number of para-hydroxylation sites is 1. The van der Waals surface area contributed by atoms with E-state index in [4.69, 9.17) is 4.98 Å². The van der Waals surface area contributed by atoms with Crippen LogP contribution >= 0.6 is 11.3 Å². The SMILES string of the molecule is C=CCN(C(=O)c1ccc(-n2c(C)nc3ccccc3c2=O)cc1)c1nc2c(s1)CCCC2. The Labute approximate surface area is 195 Å². The largest absolute Gasteiger partial charge is 0.280 e. The standard InChI is InChI=1S/C26H24N4O2S/c1-3-16-29(26-28-22-10-6-7-11-23(22)33-26)24(31)18-12-14-19(15-13-18)30-17(2)27-21-9-5-4-8-20(21)25(30)32/h3-5,8-9,12-15H,1,6-7,10-11,16H2,2H3. The Morgan fingerprint density at radius 3 is 2.64 bits per heavy atom. The first kappa shape index (κ1) is 21.3. The van der Waals surface area contributed by atoms with Gasteiger partial charge >= 0.3 is 0 Å². The average molecular weight is 457 g/mol. The van der Waals surface area contributed by atoms with Gasteiger partial charge < -0.3 is 0 Å². The topological polar surface area (TPSA) is 68.1 Å². The quantitative estimate of drug-likeness (QED) is 0.402. The van der Waals surface area contributed by atoms with Crippen molar-refractivity contribution < 1.29 is 4.79 Å². The fourth-order valence-corrected chi connectivity index (χ4v) is 5.44. The summed E-state index contributed by atoms with van der Waals surface area (Å²) in [6.07, 6.45) is 6.05. The Morgan fingerprint density at radius 1 is 1.12 bits per heavy atom. The first-order valence-corrected chi connectivity index (χ1v) is 11.9. The molecule has 166 valence electrons. The van der Waals surface area contributed by atoms with E-state index >= 15 is 0 Å². The molecule has 1 amide bonds. The molecule has 2 aromatic carbocycles. The smallest absolute Gasteiger partial charge is 0.265 e. The molecule has 0 N–H and O–H groups in total. The van der Waals surface area contributed by atoms with E-state index in [-0.39, 0.29) is 11.5 Å². The lowest BCUT2D eigenvalue weighted by molar-refractivity contribution is 0.0989. The van der Waals surface area contributed by atoms with Gasteiger partial charge in [0, 0.05) is 17.0 Å². The second-order valence-corrected chi connectivity index (χ2v) is 9.20. The van der Waals surface area contributed by atoms with Crippen LogP contribution < -0.4 is 10.5 Å². The molecular weight excluding hydrogens is 432 g/mol. The van der Waals surface area contributed by atoms with Crippen LogP contribution in [-0.4, -0.2) is 27.0 Å². The average Bonchev–Trinajstić information content (AvgIpc) is 3.26. The minimum Gasteiger partial charge on any atom is -0.280 e. The number of rotatable bonds is 5. The number of nitrogens with zero attached hydrogens (tertiary/aromatic N) is 4. The molecule has 0 unspecified atom stereocenters. The van der Waals surface area contributed by atoms with Crippen molar-refractivity contribution >= 4 is 33.3 Å². The number of hydrogen-bond acceptors (Lipinski definition) is 5. The summed E-state index contributed by atoms with van der Waals surface area (Å²) in [5, 5.41) is 1.29. The van der Waals surface area contributed by atoms with Gasteiger partial charge in [-0.05, 0) is 69.0 Å². The zero-order chi connectivity index (χ0) is 22.9. The van der Waals surface area contributed by atoms with Crippen LogP contribution in [0.25, 0.3) is 16.6 Å². The Hall–Kier alpha value is -3.58. The van der Waals surface area contributed by atoms with E-state index in [1.807, 2.05) is 25.1 Å². The summed E-state index contributed by atoms with van der Waals surface area (Å²) < 4.78 is 1.58. The van der Waals surface area contributed by atoms with Crippen LogP contribution in [0.2, 0.25) is 0 Å². The summed E-state index contributed by atoms with van der Waals surface area (Å²) in [6, 6.07) is 14.4. The van der Waals surface area contributed by atoms with E-state index in [1.165, 1.54) is 11.3 Å². The number of amides is 1. The number of aromatic nitrogens is 3. The minimum atomic E-state index is -0.131. The molecule has 6 nitrogen and oxygen atoms in total. The highest BCUT2D eigenvalue weighted by Crippen LogP contribution is 2.32. The molecule has 1 aliphatic carbocycles. The zero-order valence-electron chi connectivity index (χ0n) is 18.5. The third kappa shape index (κ3) is 3.89. The van der Waals surface area contributed by atoms with Gasteiger partial charge in [-0.3, -0.25) is 19.1 Å². The number of thiazole rings is 1. The summed E-state index contributed by atoms with van der Waals surface area (Å²) in [4.78, 5) is 38.7. The van der Waals surface area contributed by atoms with E-state index < -0.39 is 0 Å². The summed E-state index contributed by atoms with van der Waals surface area (Å²) in [5.41, 5.74) is 2.88. The Balaban J connectivity index is 1.48. The molecule has 7 heteroatoms. The van der Waals surface area contributed by atoms with Crippen LogP contribution in [0.1, 0.15) is 39.6 Å². The molecule has 5 rings (SSSR count). The van der Waals surface area contributed by atoms with Crippen molar-refractivity contribution in [3.63, 3.8) is 0 Å². The highest BCUT2D eigenvalue weighted by Gasteiger charge is 2.23. The van der Waals surface area contributed by atoms with Crippen LogP contribution in [-0.2, 0) is 12.8 Å². The molecule has 0 atom stereocenters. The highest BCUT2D eigenvalue weighted by atomic mass is 32.1. The van der Waals surface area contributed by atoms with Crippen LogP contribution in [0.3, 0.4) is 0 Å². The van der Waals surface area contributed by atoms with Crippen molar-refractivity contribution in [3.8, 4) is 5.69 Å². The van der Waals surface area contributed by atoms with Crippen LogP contribution in [0.15, 0.2) is 66.0 Å². The predicted octanol–water partition coefficient (Wildman–Crippen LogP) is 4.86. The third-order valence-corrected chi connectivity index (χ3v) is 7.12. The van der Waals surface area contributed by atoms with Crippen molar-refractivity contribution in [2.45, 2.75) is 32.6 Å². The van der Waals surface area contributed by atoms with E-state index in [9.17, 15) is 9.59 Å². The summed E-state index contributed by atoms with van der Waals surface area (Å²) in [5.74, 6) is 0.465.